The maximum absolute atomic E-state index is 13.6. The number of aryl methyl sites for hydroxylation is 1. The first-order chi connectivity index (χ1) is 18.4. The minimum absolute atomic E-state index is 0.0975. The third-order valence-corrected chi connectivity index (χ3v) is 6.99. The molecule has 0 spiro atoms. The van der Waals surface area contributed by atoms with Crippen LogP contribution in [0.25, 0.3) is 0 Å². The highest BCUT2D eigenvalue weighted by Gasteiger charge is 2.37. The van der Waals surface area contributed by atoms with E-state index in [9.17, 15) is 14.9 Å². The van der Waals surface area contributed by atoms with Crippen LogP contribution in [0.15, 0.2) is 93.0 Å². The highest BCUT2D eigenvalue weighted by atomic mass is 32.2. The van der Waals surface area contributed by atoms with E-state index >= 15 is 0 Å². The molecule has 0 radical (unpaired) electrons. The first-order valence-corrected chi connectivity index (χ1v) is 13.0. The smallest absolute Gasteiger partial charge is 0.254 e. The van der Waals surface area contributed by atoms with E-state index < -0.39 is 11.8 Å². The van der Waals surface area contributed by atoms with Gasteiger partial charge >= 0.3 is 0 Å². The van der Waals surface area contributed by atoms with E-state index in [1.807, 2.05) is 36.4 Å². The molecular formula is C29H28N4O4S. The average Bonchev–Trinajstić information content (AvgIpc) is 3.36. The number of nitrogens with zero attached hydrogens (tertiary/aromatic N) is 1. The van der Waals surface area contributed by atoms with Crippen molar-refractivity contribution in [2.24, 2.45) is 0 Å². The van der Waals surface area contributed by atoms with Crippen LogP contribution in [0.2, 0.25) is 0 Å². The maximum Gasteiger partial charge on any atom is 0.254 e. The number of benzene rings is 2. The number of amides is 2. The number of carbonyl (C=O) groups excluding carboxylic acids is 2. The lowest BCUT2D eigenvalue weighted by Crippen LogP contribution is -2.31. The van der Waals surface area contributed by atoms with E-state index in [2.05, 4.69) is 22.0 Å². The number of dihydropyridines is 1. The molecule has 1 unspecified atom stereocenters. The van der Waals surface area contributed by atoms with Crippen LogP contribution >= 0.6 is 11.8 Å². The van der Waals surface area contributed by atoms with Crippen molar-refractivity contribution in [3.63, 3.8) is 0 Å². The van der Waals surface area contributed by atoms with Crippen LogP contribution in [0.4, 0.5) is 5.69 Å². The van der Waals surface area contributed by atoms with Gasteiger partial charge in [0.1, 0.15) is 17.3 Å². The molecule has 38 heavy (non-hydrogen) atoms. The number of carbonyl (C=O) groups is 2. The molecular weight excluding hydrogens is 500 g/mol. The topological polar surface area (TPSA) is 116 Å². The second kappa shape index (κ2) is 12.2. The largest absolute Gasteiger partial charge is 0.495 e. The minimum Gasteiger partial charge on any atom is -0.495 e. The molecule has 0 saturated carbocycles. The van der Waals surface area contributed by atoms with Crippen LogP contribution in [0.1, 0.15) is 29.9 Å². The van der Waals surface area contributed by atoms with Gasteiger partial charge in [0.25, 0.3) is 5.91 Å². The number of ether oxygens (including phenoxy) is 1. The van der Waals surface area contributed by atoms with Crippen LogP contribution in [0, 0.1) is 18.3 Å². The highest BCUT2D eigenvalue weighted by Crippen LogP contribution is 2.41. The quantitative estimate of drug-likeness (QED) is 0.359. The van der Waals surface area contributed by atoms with Crippen LogP contribution in [-0.2, 0) is 16.1 Å². The zero-order valence-corrected chi connectivity index (χ0v) is 22.1. The summed E-state index contributed by atoms with van der Waals surface area (Å²) < 4.78 is 11.3. The van der Waals surface area contributed by atoms with Crippen molar-refractivity contribution in [3.8, 4) is 11.8 Å². The van der Waals surface area contributed by atoms with Gasteiger partial charge in [-0.05, 0) is 43.7 Å². The molecule has 3 N–H and O–H groups in total. The number of para-hydroxylation sites is 2. The summed E-state index contributed by atoms with van der Waals surface area (Å²) in [6.45, 7) is 3.99. The van der Waals surface area contributed by atoms with Crippen molar-refractivity contribution >= 4 is 29.3 Å². The molecule has 4 rings (SSSR count). The van der Waals surface area contributed by atoms with Crippen LogP contribution in [0.5, 0.6) is 5.75 Å². The Morgan fingerprint density at radius 1 is 1.08 bits per heavy atom. The Morgan fingerprint density at radius 3 is 2.50 bits per heavy atom. The SMILES string of the molecule is COc1ccccc1NC(=O)C1=C(C)NC(SCC(=O)NCc2ccccc2)=C(C#N)C1c1ccc(C)o1. The van der Waals surface area contributed by atoms with E-state index in [0.717, 1.165) is 5.56 Å². The minimum atomic E-state index is -0.750. The predicted octanol–water partition coefficient (Wildman–Crippen LogP) is 4.98. The van der Waals surface area contributed by atoms with E-state index in [4.69, 9.17) is 9.15 Å². The van der Waals surface area contributed by atoms with Crippen molar-refractivity contribution in [2.75, 3.05) is 18.2 Å². The summed E-state index contributed by atoms with van der Waals surface area (Å²) >= 11 is 1.21. The molecule has 0 bridgehead atoms. The summed E-state index contributed by atoms with van der Waals surface area (Å²) in [7, 11) is 1.53. The number of nitriles is 1. The summed E-state index contributed by atoms with van der Waals surface area (Å²) in [5, 5.41) is 19.7. The Balaban J connectivity index is 1.58. The Hall–Kier alpha value is -4.42. The lowest BCUT2D eigenvalue weighted by atomic mass is 9.85. The molecule has 0 saturated heterocycles. The first kappa shape index (κ1) is 26.6. The first-order valence-electron chi connectivity index (χ1n) is 12.0. The molecule has 9 heteroatoms. The molecule has 0 aliphatic carbocycles. The summed E-state index contributed by atoms with van der Waals surface area (Å²) in [5.74, 6) is 0.430. The average molecular weight is 529 g/mol. The number of rotatable bonds is 9. The van der Waals surface area contributed by atoms with E-state index in [0.29, 0.717) is 51.4 Å². The lowest BCUT2D eigenvalue weighted by Gasteiger charge is -2.28. The van der Waals surface area contributed by atoms with E-state index in [1.165, 1.54) is 18.9 Å². The molecule has 1 aromatic heterocycles. The number of anilines is 1. The van der Waals surface area contributed by atoms with Crippen LogP contribution in [-0.4, -0.2) is 24.7 Å². The second-order valence-corrected chi connectivity index (χ2v) is 9.59. The number of methoxy groups -OCH3 is 1. The number of thioether (sulfide) groups is 1. The van der Waals surface area contributed by atoms with Crippen molar-refractivity contribution in [1.29, 1.82) is 5.26 Å². The molecule has 1 atom stereocenters. The molecule has 2 amide bonds. The Labute approximate surface area is 225 Å². The molecule has 3 aromatic rings. The van der Waals surface area contributed by atoms with Crippen LogP contribution < -0.4 is 20.7 Å². The lowest BCUT2D eigenvalue weighted by molar-refractivity contribution is -0.118. The van der Waals surface area contributed by atoms with Crippen molar-refractivity contribution in [3.05, 3.63) is 106 Å². The normalized spacial score (nSPS) is 14.9. The van der Waals surface area contributed by atoms with Crippen molar-refractivity contribution < 1.29 is 18.7 Å². The summed E-state index contributed by atoms with van der Waals surface area (Å²) in [4.78, 5) is 26.1. The van der Waals surface area contributed by atoms with Crippen LogP contribution in [0.3, 0.4) is 0 Å². The van der Waals surface area contributed by atoms with E-state index in [1.54, 1.807) is 44.2 Å². The van der Waals surface area contributed by atoms with Gasteiger partial charge in [0.2, 0.25) is 5.91 Å². The fraction of sp³-hybridized carbons (Fsp3) is 0.207. The van der Waals surface area contributed by atoms with Gasteiger partial charge in [-0.25, -0.2) is 0 Å². The van der Waals surface area contributed by atoms with Gasteiger partial charge in [0, 0.05) is 12.2 Å². The van der Waals surface area contributed by atoms with Gasteiger partial charge in [-0.1, -0.05) is 54.2 Å². The number of nitrogens with one attached hydrogen (secondary N) is 3. The Kier molecular flexibility index (Phi) is 8.56. The fourth-order valence-corrected chi connectivity index (χ4v) is 5.07. The standard InChI is InChI=1S/C29H28N4O4S/c1-18-13-14-24(37-18)27-21(15-30)29(38-17-25(34)31-16-20-9-5-4-6-10-20)32-19(2)26(27)28(35)33-22-11-7-8-12-23(22)36-3/h4-14,27,32H,16-17H2,1-3H3,(H,31,34)(H,33,35). The molecule has 1 aliphatic rings. The summed E-state index contributed by atoms with van der Waals surface area (Å²) in [5.41, 5.74) is 2.71. The van der Waals surface area contributed by atoms with Gasteiger partial charge in [-0.15, -0.1) is 0 Å². The van der Waals surface area contributed by atoms with Crippen molar-refractivity contribution in [1.82, 2.24) is 10.6 Å². The third-order valence-electron chi connectivity index (χ3n) is 5.97. The third kappa shape index (κ3) is 6.10. The molecule has 1 aliphatic heterocycles. The van der Waals surface area contributed by atoms with Crippen molar-refractivity contribution in [2.45, 2.75) is 26.3 Å². The van der Waals surface area contributed by atoms with Gasteiger partial charge in [0.15, 0.2) is 0 Å². The Morgan fingerprint density at radius 2 is 1.82 bits per heavy atom. The maximum atomic E-state index is 13.6. The Bertz CT molecular complexity index is 1440. The van der Waals surface area contributed by atoms with Gasteiger partial charge in [-0.2, -0.15) is 5.26 Å². The van der Waals surface area contributed by atoms with E-state index in [-0.39, 0.29) is 11.7 Å². The zero-order valence-electron chi connectivity index (χ0n) is 21.3. The monoisotopic (exact) mass is 528 g/mol. The number of furan rings is 1. The zero-order chi connectivity index (χ0) is 27.1. The number of allylic oxidation sites excluding steroid dienone is 2. The fourth-order valence-electron chi connectivity index (χ4n) is 4.14. The molecule has 2 aromatic carbocycles. The highest BCUT2D eigenvalue weighted by molar-refractivity contribution is 8.03. The number of hydrogen-bond acceptors (Lipinski definition) is 7. The summed E-state index contributed by atoms with van der Waals surface area (Å²) in [6, 6.07) is 22.5. The molecule has 0 fully saturated rings. The number of hydrogen-bond donors (Lipinski definition) is 3. The molecule has 194 valence electrons. The molecule has 2 heterocycles. The van der Waals surface area contributed by atoms with Gasteiger partial charge in [0.05, 0.1) is 46.7 Å². The van der Waals surface area contributed by atoms with Gasteiger partial charge < -0.3 is 25.1 Å². The molecule has 8 nitrogen and oxygen atoms in total. The summed E-state index contributed by atoms with van der Waals surface area (Å²) in [6.07, 6.45) is 0. The predicted molar refractivity (Wildman–Crippen MR) is 147 cm³/mol. The van der Waals surface area contributed by atoms with Gasteiger partial charge in [-0.3, -0.25) is 9.59 Å². The second-order valence-electron chi connectivity index (χ2n) is 8.61.